The monoisotopic (exact) mass is 433 g/mol. The topological polar surface area (TPSA) is 103 Å². The van der Waals surface area contributed by atoms with Crippen molar-refractivity contribution in [1.82, 2.24) is 5.32 Å². The van der Waals surface area contributed by atoms with Gasteiger partial charge in [0.1, 0.15) is 10.1 Å². The predicted octanol–water partition coefficient (Wildman–Crippen LogP) is 1.20. The summed E-state index contributed by atoms with van der Waals surface area (Å²) in [4.78, 5) is 23.5. The van der Waals surface area contributed by atoms with Crippen molar-refractivity contribution in [3.8, 4) is 0 Å². The van der Waals surface area contributed by atoms with Crippen LogP contribution < -0.4 is 34.9 Å². The molecule has 0 fully saturated rings. The van der Waals surface area contributed by atoms with Crippen LogP contribution in [-0.2, 0) is 14.9 Å². The number of ketones is 1. The van der Waals surface area contributed by atoms with E-state index in [0.29, 0.717) is 31.4 Å². The zero-order valence-electron chi connectivity index (χ0n) is 17.7. The molecule has 6 nitrogen and oxygen atoms in total. The van der Waals surface area contributed by atoms with Crippen molar-refractivity contribution in [3.05, 3.63) is 29.8 Å². The number of nitrogens with one attached hydrogen (secondary N) is 1. The molecule has 158 valence electrons. The maximum atomic E-state index is 12.1. The minimum absolute atomic E-state index is 0. The van der Waals surface area contributed by atoms with E-state index in [1.165, 1.54) is 37.8 Å². The Kier molecular flexibility index (Phi) is 15.6. The van der Waals surface area contributed by atoms with Gasteiger partial charge in [0.05, 0.1) is 4.90 Å². The Morgan fingerprint density at radius 2 is 1.41 bits per heavy atom. The van der Waals surface area contributed by atoms with Crippen molar-refractivity contribution in [2.24, 2.45) is 0 Å². The summed E-state index contributed by atoms with van der Waals surface area (Å²) in [5.41, 5.74) is 0.402. The number of hydrogen-bond acceptors (Lipinski definition) is 5. The molecule has 0 aliphatic rings. The van der Waals surface area contributed by atoms with Gasteiger partial charge in [-0.05, 0) is 31.4 Å². The molecule has 0 unspecified atom stereocenters. The summed E-state index contributed by atoms with van der Waals surface area (Å²) in [5.74, 6) is 0.0157. The molecule has 0 bridgehead atoms. The van der Waals surface area contributed by atoms with Crippen LogP contribution in [0.5, 0.6) is 0 Å². The molecule has 0 saturated heterocycles. The average Bonchev–Trinajstić information content (AvgIpc) is 2.66. The van der Waals surface area contributed by atoms with E-state index in [1.807, 2.05) is 0 Å². The quantitative estimate of drug-likeness (QED) is 0.194. The van der Waals surface area contributed by atoms with Gasteiger partial charge in [0.15, 0.2) is 5.78 Å². The second kappa shape index (κ2) is 16.0. The summed E-state index contributed by atoms with van der Waals surface area (Å²) in [7, 11) is -4.49. The molecule has 1 aromatic rings. The zero-order valence-corrected chi connectivity index (χ0v) is 20.6. The van der Waals surface area contributed by atoms with Crippen molar-refractivity contribution in [2.75, 3.05) is 6.54 Å². The van der Waals surface area contributed by atoms with Gasteiger partial charge < -0.3 is 9.87 Å². The molecular formula is C21H32NNaO5S. The van der Waals surface area contributed by atoms with Gasteiger partial charge in [0.25, 0.3) is 0 Å². The van der Waals surface area contributed by atoms with Crippen LogP contribution in [0.2, 0.25) is 0 Å². The predicted molar refractivity (Wildman–Crippen MR) is 108 cm³/mol. The summed E-state index contributed by atoms with van der Waals surface area (Å²) in [6, 6.07) is 5.06. The Bertz CT molecular complexity index is 704. The van der Waals surface area contributed by atoms with Gasteiger partial charge in [-0.2, -0.15) is 0 Å². The third-order valence-electron chi connectivity index (χ3n) is 4.63. The molecule has 0 radical (unpaired) electrons. The Morgan fingerprint density at radius 3 is 2.03 bits per heavy atom. The Balaban J connectivity index is 0.00000784. The normalized spacial score (nSPS) is 11.0. The number of carbonyl (C=O) groups is 2. The first-order valence-corrected chi connectivity index (χ1v) is 11.6. The van der Waals surface area contributed by atoms with E-state index in [4.69, 9.17) is 0 Å². The molecule has 0 aliphatic heterocycles. The van der Waals surface area contributed by atoms with Gasteiger partial charge in [-0.3, -0.25) is 9.59 Å². The molecule has 1 rings (SSSR count). The molecule has 0 heterocycles. The van der Waals surface area contributed by atoms with Crippen LogP contribution in [0.3, 0.4) is 0 Å². The van der Waals surface area contributed by atoms with Gasteiger partial charge >= 0.3 is 29.6 Å². The SMILES string of the molecule is CCCCCCCCC(=O)NCCCCCC(=O)c1ccc(S(=O)(=O)[O-])cc1.[Na+]. The minimum atomic E-state index is -4.49. The molecule has 0 aromatic heterocycles. The number of unbranched alkanes of at least 4 members (excludes halogenated alkanes) is 7. The minimum Gasteiger partial charge on any atom is -0.744 e. The Hall–Kier alpha value is -0.730. The fourth-order valence-electron chi connectivity index (χ4n) is 2.92. The van der Waals surface area contributed by atoms with Crippen molar-refractivity contribution in [2.45, 2.75) is 82.4 Å². The molecule has 1 aromatic carbocycles. The molecule has 1 amide bonds. The number of carbonyl (C=O) groups excluding carboxylic acids is 2. The standard InChI is InChI=1S/C21H33NO5S.Na/c1-2-3-4-5-6-9-12-21(24)22-17-10-7-8-11-20(23)18-13-15-19(16-14-18)28(25,26)27;/h13-16H,2-12,17H2,1H3,(H,22,24)(H,25,26,27);/q;+1/p-1. The summed E-state index contributed by atoms with van der Waals surface area (Å²) in [6.07, 6.45) is 10.3. The van der Waals surface area contributed by atoms with Crippen LogP contribution in [0.15, 0.2) is 29.2 Å². The molecule has 0 aliphatic carbocycles. The average molecular weight is 434 g/mol. The third-order valence-corrected chi connectivity index (χ3v) is 5.47. The maximum Gasteiger partial charge on any atom is 1.00 e. The largest absolute Gasteiger partial charge is 1.00 e. The van der Waals surface area contributed by atoms with E-state index < -0.39 is 10.1 Å². The van der Waals surface area contributed by atoms with Gasteiger partial charge in [-0.25, -0.2) is 8.42 Å². The van der Waals surface area contributed by atoms with E-state index in [0.717, 1.165) is 37.8 Å². The first kappa shape index (κ1) is 28.3. The molecule has 8 heteroatoms. The molecule has 29 heavy (non-hydrogen) atoms. The second-order valence-electron chi connectivity index (χ2n) is 7.08. The fraction of sp³-hybridized carbons (Fsp3) is 0.619. The number of amides is 1. The molecule has 1 N–H and O–H groups in total. The fourth-order valence-corrected chi connectivity index (χ4v) is 3.39. The van der Waals surface area contributed by atoms with Crippen molar-refractivity contribution in [3.63, 3.8) is 0 Å². The van der Waals surface area contributed by atoms with Crippen molar-refractivity contribution >= 4 is 21.8 Å². The van der Waals surface area contributed by atoms with Crippen LogP contribution in [0.25, 0.3) is 0 Å². The molecular weight excluding hydrogens is 401 g/mol. The first-order chi connectivity index (χ1) is 13.3. The van der Waals surface area contributed by atoms with Gasteiger partial charge in [0.2, 0.25) is 5.91 Å². The number of hydrogen-bond donors (Lipinski definition) is 1. The van der Waals surface area contributed by atoms with Crippen LogP contribution in [0, 0.1) is 0 Å². The summed E-state index contributed by atoms with van der Waals surface area (Å²) in [6.45, 7) is 2.81. The smallest absolute Gasteiger partial charge is 0.744 e. The van der Waals surface area contributed by atoms with Crippen LogP contribution in [0.4, 0.5) is 0 Å². The number of rotatable bonds is 15. The van der Waals surface area contributed by atoms with Gasteiger partial charge in [0, 0.05) is 24.9 Å². The van der Waals surface area contributed by atoms with Crippen molar-refractivity contribution in [1.29, 1.82) is 0 Å². The molecule has 0 spiro atoms. The van der Waals surface area contributed by atoms with Crippen LogP contribution in [-0.4, -0.2) is 31.2 Å². The van der Waals surface area contributed by atoms with Gasteiger partial charge in [-0.15, -0.1) is 0 Å². The number of benzene rings is 1. The van der Waals surface area contributed by atoms with E-state index in [9.17, 15) is 22.6 Å². The van der Waals surface area contributed by atoms with Crippen LogP contribution in [0.1, 0.15) is 87.9 Å². The zero-order chi connectivity index (χ0) is 20.8. The van der Waals surface area contributed by atoms with Crippen molar-refractivity contribution < 1.29 is 52.1 Å². The summed E-state index contributed by atoms with van der Waals surface area (Å²) in [5, 5.41) is 2.91. The summed E-state index contributed by atoms with van der Waals surface area (Å²) >= 11 is 0. The van der Waals surface area contributed by atoms with Crippen LogP contribution >= 0.6 is 0 Å². The second-order valence-corrected chi connectivity index (χ2v) is 8.46. The van der Waals surface area contributed by atoms with E-state index in [1.54, 1.807) is 0 Å². The van der Waals surface area contributed by atoms with E-state index in [-0.39, 0.29) is 46.1 Å². The third kappa shape index (κ3) is 13.2. The maximum absolute atomic E-state index is 12.1. The number of Topliss-reactive ketones (excluding diaryl/α,β-unsaturated/α-hetero) is 1. The first-order valence-electron chi connectivity index (χ1n) is 10.2. The molecule has 0 atom stereocenters. The summed E-state index contributed by atoms with van der Waals surface area (Å²) < 4.78 is 32.6. The van der Waals surface area contributed by atoms with Gasteiger partial charge in [-0.1, -0.05) is 57.6 Å². The Labute approximate surface area is 197 Å². The molecule has 0 saturated carbocycles. The Morgan fingerprint density at radius 1 is 0.862 bits per heavy atom. The van der Waals surface area contributed by atoms with E-state index in [2.05, 4.69) is 12.2 Å². The van der Waals surface area contributed by atoms with E-state index >= 15 is 0 Å².